The summed E-state index contributed by atoms with van der Waals surface area (Å²) in [6, 6.07) is 8.08. The lowest BCUT2D eigenvalue weighted by Crippen LogP contribution is -2.70. The van der Waals surface area contributed by atoms with Crippen molar-refractivity contribution in [1.82, 2.24) is 0 Å². The van der Waals surface area contributed by atoms with Crippen LogP contribution in [0, 0.1) is 6.92 Å². The summed E-state index contributed by atoms with van der Waals surface area (Å²) in [7, 11) is 1.81. The number of amidine groups is 1. The monoisotopic (exact) mass is 149 g/mol. The van der Waals surface area contributed by atoms with E-state index >= 15 is 0 Å². The van der Waals surface area contributed by atoms with Crippen LogP contribution < -0.4 is 10.7 Å². The lowest BCUT2D eigenvalue weighted by Gasteiger charge is -1.94. The second kappa shape index (κ2) is 3.19. The highest BCUT2D eigenvalue weighted by Crippen LogP contribution is 2.00. The maximum Gasteiger partial charge on any atom is 0.272 e. The van der Waals surface area contributed by atoms with E-state index in [1.807, 2.05) is 31.3 Å². The Kier molecular flexibility index (Phi) is 2.26. The van der Waals surface area contributed by atoms with Crippen molar-refractivity contribution in [3.63, 3.8) is 0 Å². The molecule has 0 heterocycles. The molecule has 0 aliphatic heterocycles. The molecule has 1 aromatic carbocycles. The molecule has 0 amide bonds. The Morgan fingerprint density at radius 1 is 1.27 bits per heavy atom. The number of hydrogen-bond donors (Lipinski definition) is 2. The van der Waals surface area contributed by atoms with Gasteiger partial charge in [0.2, 0.25) is 0 Å². The van der Waals surface area contributed by atoms with Crippen molar-refractivity contribution in [3.8, 4) is 0 Å². The normalized spacial score (nSPS) is 11.6. The summed E-state index contributed by atoms with van der Waals surface area (Å²) in [6.07, 6.45) is 0. The zero-order chi connectivity index (χ0) is 8.27. The molecule has 0 saturated carbocycles. The molecule has 0 saturated heterocycles. The number of benzene rings is 1. The zero-order valence-electron chi connectivity index (χ0n) is 6.89. The minimum Gasteiger partial charge on any atom is -0.287 e. The van der Waals surface area contributed by atoms with E-state index in [4.69, 9.17) is 5.73 Å². The summed E-state index contributed by atoms with van der Waals surface area (Å²) in [6.45, 7) is 2.05. The number of nitrogens with one attached hydrogen (secondary N) is 1. The summed E-state index contributed by atoms with van der Waals surface area (Å²) in [5, 5.41) is 0. The average Bonchev–Trinajstić information content (AvgIpc) is 2.05. The van der Waals surface area contributed by atoms with Gasteiger partial charge in [0.05, 0.1) is 12.6 Å². The van der Waals surface area contributed by atoms with E-state index in [1.165, 1.54) is 5.56 Å². The van der Waals surface area contributed by atoms with Gasteiger partial charge >= 0.3 is 0 Å². The van der Waals surface area contributed by atoms with Gasteiger partial charge in [-0.15, -0.1) is 0 Å². The van der Waals surface area contributed by atoms with Crippen LogP contribution >= 0.6 is 0 Å². The first-order chi connectivity index (χ1) is 5.24. The summed E-state index contributed by atoms with van der Waals surface area (Å²) < 4.78 is 0. The number of nitrogens with two attached hydrogens (primary N) is 1. The molecule has 58 valence electrons. The summed E-state index contributed by atoms with van der Waals surface area (Å²) in [4.78, 5) is 2.90. The van der Waals surface area contributed by atoms with Crippen molar-refractivity contribution in [1.29, 1.82) is 0 Å². The second-order valence-corrected chi connectivity index (χ2v) is 2.53. The number of hydrogen-bond acceptors (Lipinski definition) is 0. The lowest BCUT2D eigenvalue weighted by molar-refractivity contribution is -0.420. The Hall–Kier alpha value is -1.31. The molecule has 0 aliphatic rings. The molecule has 0 atom stereocenters. The third kappa shape index (κ3) is 1.80. The first-order valence-electron chi connectivity index (χ1n) is 3.61. The van der Waals surface area contributed by atoms with E-state index in [9.17, 15) is 0 Å². The van der Waals surface area contributed by atoms with Crippen LogP contribution in [0.2, 0.25) is 0 Å². The van der Waals surface area contributed by atoms with Gasteiger partial charge in [-0.05, 0) is 19.1 Å². The Bertz CT molecular complexity index is 259. The molecule has 0 unspecified atom stereocenters. The lowest BCUT2D eigenvalue weighted by atomic mass is 10.1. The largest absolute Gasteiger partial charge is 0.287 e. The fourth-order valence-corrected chi connectivity index (χ4v) is 0.877. The van der Waals surface area contributed by atoms with Crippen molar-refractivity contribution in [2.24, 2.45) is 5.73 Å². The smallest absolute Gasteiger partial charge is 0.272 e. The predicted molar refractivity (Wildman–Crippen MR) is 46.4 cm³/mol. The van der Waals surface area contributed by atoms with Crippen LogP contribution in [-0.2, 0) is 0 Å². The quantitative estimate of drug-likeness (QED) is 0.406. The third-order valence-corrected chi connectivity index (χ3v) is 1.63. The fourth-order valence-electron chi connectivity index (χ4n) is 0.877. The van der Waals surface area contributed by atoms with Crippen LogP contribution in [0.3, 0.4) is 0 Å². The van der Waals surface area contributed by atoms with E-state index in [0.717, 1.165) is 5.56 Å². The van der Waals surface area contributed by atoms with E-state index in [2.05, 4.69) is 11.9 Å². The van der Waals surface area contributed by atoms with Gasteiger partial charge in [-0.2, -0.15) is 0 Å². The van der Waals surface area contributed by atoms with E-state index in [0.29, 0.717) is 5.84 Å². The second-order valence-electron chi connectivity index (χ2n) is 2.53. The number of rotatable bonds is 1. The fraction of sp³-hybridized carbons (Fsp3) is 0.222. The SMILES string of the molecule is C[NH+]=C(N)c1ccc(C)cc1. The van der Waals surface area contributed by atoms with E-state index in [1.54, 1.807) is 0 Å². The van der Waals surface area contributed by atoms with Gasteiger partial charge in [-0.25, -0.2) is 0 Å². The Balaban J connectivity index is 2.99. The highest BCUT2D eigenvalue weighted by atomic mass is 14.8. The van der Waals surface area contributed by atoms with Crippen LogP contribution in [-0.4, -0.2) is 12.9 Å². The van der Waals surface area contributed by atoms with Crippen molar-refractivity contribution < 1.29 is 4.99 Å². The average molecular weight is 149 g/mol. The zero-order valence-corrected chi connectivity index (χ0v) is 6.89. The molecule has 1 rings (SSSR count). The first-order valence-corrected chi connectivity index (χ1v) is 3.61. The standard InChI is InChI=1S/C9H12N2/c1-7-3-5-8(6-4-7)9(10)11-2/h3-6H,1-2H3,(H2,10,11)/p+1. The maximum absolute atomic E-state index is 5.65. The molecule has 11 heavy (non-hydrogen) atoms. The summed E-state index contributed by atoms with van der Waals surface area (Å²) in [5.74, 6) is 0.713. The highest BCUT2D eigenvalue weighted by molar-refractivity contribution is 5.92. The van der Waals surface area contributed by atoms with Gasteiger partial charge in [-0.3, -0.25) is 10.7 Å². The highest BCUT2D eigenvalue weighted by Gasteiger charge is 1.99. The van der Waals surface area contributed by atoms with Crippen LogP contribution in [0.15, 0.2) is 24.3 Å². The molecule has 0 radical (unpaired) electrons. The Morgan fingerprint density at radius 3 is 2.27 bits per heavy atom. The van der Waals surface area contributed by atoms with Crippen molar-refractivity contribution in [2.75, 3.05) is 7.05 Å². The molecule has 2 nitrogen and oxygen atoms in total. The third-order valence-electron chi connectivity index (χ3n) is 1.63. The van der Waals surface area contributed by atoms with Crippen molar-refractivity contribution in [3.05, 3.63) is 35.4 Å². The number of nitrogen functional groups attached to an aromatic ring is 1. The molecule has 1 aromatic rings. The molecular formula is C9H13N2+. The van der Waals surface area contributed by atoms with E-state index in [-0.39, 0.29) is 0 Å². The van der Waals surface area contributed by atoms with Crippen LogP contribution in [0.5, 0.6) is 0 Å². The van der Waals surface area contributed by atoms with Gasteiger partial charge in [-0.1, -0.05) is 17.7 Å². The topological polar surface area (TPSA) is 40.0 Å². The first kappa shape index (κ1) is 7.79. The summed E-state index contributed by atoms with van der Waals surface area (Å²) in [5.41, 5.74) is 7.94. The minimum absolute atomic E-state index is 0.713. The van der Waals surface area contributed by atoms with Gasteiger partial charge in [0.1, 0.15) is 0 Å². The van der Waals surface area contributed by atoms with Gasteiger partial charge < -0.3 is 0 Å². The Morgan fingerprint density at radius 2 is 1.82 bits per heavy atom. The van der Waals surface area contributed by atoms with Crippen molar-refractivity contribution >= 4 is 5.84 Å². The van der Waals surface area contributed by atoms with Crippen molar-refractivity contribution in [2.45, 2.75) is 6.92 Å². The summed E-state index contributed by atoms with van der Waals surface area (Å²) >= 11 is 0. The maximum atomic E-state index is 5.65. The predicted octanol–water partition coefficient (Wildman–Crippen LogP) is -0.589. The molecular weight excluding hydrogens is 136 g/mol. The van der Waals surface area contributed by atoms with E-state index < -0.39 is 0 Å². The Labute approximate surface area is 66.8 Å². The molecule has 0 fully saturated rings. The molecule has 2 heteroatoms. The van der Waals surface area contributed by atoms with Crippen LogP contribution in [0.25, 0.3) is 0 Å². The van der Waals surface area contributed by atoms with Gasteiger partial charge in [0.15, 0.2) is 0 Å². The molecule has 0 aromatic heterocycles. The number of aryl methyl sites for hydroxylation is 1. The van der Waals surface area contributed by atoms with Gasteiger partial charge in [0, 0.05) is 0 Å². The van der Waals surface area contributed by atoms with Crippen LogP contribution in [0.1, 0.15) is 11.1 Å². The van der Waals surface area contributed by atoms with Gasteiger partial charge in [0.25, 0.3) is 5.84 Å². The molecule has 0 bridgehead atoms. The minimum atomic E-state index is 0.713. The van der Waals surface area contributed by atoms with Crippen LogP contribution in [0.4, 0.5) is 0 Å². The molecule has 0 aliphatic carbocycles. The molecule has 3 N–H and O–H groups in total. The molecule has 0 spiro atoms.